The summed E-state index contributed by atoms with van der Waals surface area (Å²) in [6, 6.07) is 0.482. The lowest BCUT2D eigenvalue weighted by atomic mass is 10.1. The summed E-state index contributed by atoms with van der Waals surface area (Å²) in [4.78, 5) is 11.0. The van der Waals surface area contributed by atoms with Gasteiger partial charge < -0.3 is 15.9 Å². The molecule has 4 N–H and O–H groups in total. The van der Waals surface area contributed by atoms with Crippen molar-refractivity contribution in [2.75, 3.05) is 0 Å². The van der Waals surface area contributed by atoms with Crippen LogP contribution in [-0.2, 0) is 4.79 Å². The predicted octanol–water partition coefficient (Wildman–Crippen LogP) is 0.502. The van der Waals surface area contributed by atoms with E-state index in [1.165, 1.54) is 11.3 Å². The number of aliphatic hydroxyl groups is 1. The van der Waals surface area contributed by atoms with E-state index in [9.17, 15) is 9.90 Å². The molecule has 0 saturated heterocycles. The van der Waals surface area contributed by atoms with Crippen molar-refractivity contribution >= 4 is 17.3 Å². The van der Waals surface area contributed by atoms with Gasteiger partial charge in [-0.1, -0.05) is 0 Å². The smallest absolute Gasteiger partial charge is 0.323 e. The molecular weight excluding hydrogens is 190 g/mol. The summed E-state index contributed by atoms with van der Waals surface area (Å²) in [5.74, 6) is -1.20. The number of aliphatic carboxylic acids is 1. The molecule has 72 valence electrons. The molecular formula is C8H11NO3S. The lowest BCUT2D eigenvalue weighted by Crippen LogP contribution is -2.36. The highest BCUT2D eigenvalue weighted by atomic mass is 32.1. The summed E-state index contributed by atoms with van der Waals surface area (Å²) in [5.41, 5.74) is 6.26. The second-order valence-corrected chi connectivity index (χ2v) is 3.78. The van der Waals surface area contributed by atoms with Crippen LogP contribution in [0.5, 0.6) is 0 Å². The lowest BCUT2D eigenvalue weighted by molar-refractivity contribution is -0.141. The number of thiophene rings is 1. The zero-order valence-corrected chi connectivity index (χ0v) is 7.91. The molecule has 0 unspecified atom stereocenters. The third-order valence-corrected chi connectivity index (χ3v) is 2.79. The van der Waals surface area contributed by atoms with E-state index in [0.29, 0.717) is 4.88 Å². The maximum absolute atomic E-state index is 10.4. The third-order valence-electron chi connectivity index (χ3n) is 1.67. The molecule has 0 saturated carbocycles. The average molecular weight is 201 g/mol. The second kappa shape index (κ2) is 3.87. The number of nitrogens with two attached hydrogens (primary N) is 1. The molecule has 1 aromatic rings. The minimum Gasteiger partial charge on any atom is -0.480 e. The molecule has 0 bridgehead atoms. The summed E-state index contributed by atoms with van der Waals surface area (Å²) in [6.45, 7) is 1.87. The van der Waals surface area contributed by atoms with E-state index in [0.717, 1.165) is 5.56 Å². The van der Waals surface area contributed by atoms with Crippen molar-refractivity contribution in [1.82, 2.24) is 0 Å². The first-order valence-corrected chi connectivity index (χ1v) is 4.62. The molecule has 1 rings (SSSR count). The van der Waals surface area contributed by atoms with Crippen molar-refractivity contribution in [3.8, 4) is 0 Å². The molecule has 2 atom stereocenters. The van der Waals surface area contributed by atoms with Crippen LogP contribution in [-0.4, -0.2) is 22.2 Å². The SMILES string of the molecule is Cc1csc([C@H](O)[C@H](N)C(=O)O)c1. The molecule has 0 aliphatic rings. The van der Waals surface area contributed by atoms with Crippen LogP contribution < -0.4 is 5.73 Å². The van der Waals surface area contributed by atoms with Gasteiger partial charge in [-0.3, -0.25) is 4.79 Å². The Balaban J connectivity index is 2.78. The molecule has 0 aliphatic carbocycles. The van der Waals surface area contributed by atoms with Crippen LogP contribution in [0.3, 0.4) is 0 Å². The molecule has 1 aromatic heterocycles. The molecule has 0 spiro atoms. The standard InChI is InChI=1S/C8H11NO3S/c1-4-2-5(13-3-4)7(10)6(9)8(11)12/h2-3,6-7,10H,9H2,1H3,(H,11,12)/t6-,7-/m0/s1. The largest absolute Gasteiger partial charge is 0.480 e. The van der Waals surface area contributed by atoms with Gasteiger partial charge >= 0.3 is 5.97 Å². The quantitative estimate of drug-likeness (QED) is 0.665. The summed E-state index contributed by atoms with van der Waals surface area (Å²) < 4.78 is 0. The van der Waals surface area contributed by atoms with Crippen LogP contribution in [0, 0.1) is 6.92 Å². The summed E-state index contributed by atoms with van der Waals surface area (Å²) in [5, 5.41) is 19.9. The Kier molecular flexibility index (Phi) is 3.02. The van der Waals surface area contributed by atoms with Gasteiger partial charge in [-0.05, 0) is 23.9 Å². The maximum Gasteiger partial charge on any atom is 0.323 e. The Morgan fingerprint density at radius 3 is 2.69 bits per heavy atom. The fourth-order valence-corrected chi connectivity index (χ4v) is 1.85. The molecule has 0 aromatic carbocycles. The first-order chi connectivity index (χ1) is 6.02. The molecule has 0 amide bonds. The highest BCUT2D eigenvalue weighted by Gasteiger charge is 2.24. The number of rotatable bonds is 3. The van der Waals surface area contributed by atoms with Crippen molar-refractivity contribution in [3.05, 3.63) is 21.9 Å². The van der Waals surface area contributed by atoms with Gasteiger partial charge in [0.05, 0.1) is 0 Å². The molecule has 1 heterocycles. The number of aliphatic hydroxyl groups excluding tert-OH is 1. The van der Waals surface area contributed by atoms with Crippen LogP contribution in [0.2, 0.25) is 0 Å². The van der Waals surface area contributed by atoms with Crippen molar-refractivity contribution in [3.63, 3.8) is 0 Å². The Morgan fingerprint density at radius 1 is 1.69 bits per heavy atom. The minimum atomic E-state index is -1.25. The van der Waals surface area contributed by atoms with E-state index in [2.05, 4.69) is 0 Å². The third kappa shape index (κ3) is 2.27. The Labute approximate surface area is 79.6 Å². The molecule has 13 heavy (non-hydrogen) atoms. The van der Waals surface area contributed by atoms with E-state index in [1.54, 1.807) is 6.07 Å². The van der Waals surface area contributed by atoms with Gasteiger partial charge in [0.25, 0.3) is 0 Å². The monoisotopic (exact) mass is 201 g/mol. The number of carboxylic acid groups (broad SMARTS) is 1. The first-order valence-electron chi connectivity index (χ1n) is 3.74. The van der Waals surface area contributed by atoms with Crippen molar-refractivity contribution < 1.29 is 15.0 Å². The van der Waals surface area contributed by atoms with E-state index in [1.807, 2.05) is 12.3 Å². The summed E-state index contributed by atoms with van der Waals surface area (Å²) >= 11 is 1.31. The Bertz CT molecular complexity index is 310. The average Bonchev–Trinajstić information content (AvgIpc) is 2.49. The van der Waals surface area contributed by atoms with Gasteiger partial charge in [-0.15, -0.1) is 11.3 Å². The van der Waals surface area contributed by atoms with Crippen LogP contribution in [0.25, 0.3) is 0 Å². The fourth-order valence-electron chi connectivity index (χ4n) is 0.921. The van der Waals surface area contributed by atoms with Gasteiger partial charge in [0.2, 0.25) is 0 Å². The second-order valence-electron chi connectivity index (χ2n) is 2.84. The van der Waals surface area contributed by atoms with Crippen LogP contribution in [0.1, 0.15) is 16.5 Å². The molecule has 0 fully saturated rings. The lowest BCUT2D eigenvalue weighted by Gasteiger charge is -2.12. The van der Waals surface area contributed by atoms with Gasteiger partial charge in [0.1, 0.15) is 12.1 Å². The van der Waals surface area contributed by atoms with Crippen LogP contribution in [0.15, 0.2) is 11.4 Å². The number of hydrogen-bond donors (Lipinski definition) is 3. The topological polar surface area (TPSA) is 83.5 Å². The van der Waals surface area contributed by atoms with Crippen molar-refractivity contribution in [2.24, 2.45) is 5.73 Å². The zero-order chi connectivity index (χ0) is 10.0. The molecule has 5 heteroatoms. The van der Waals surface area contributed by atoms with Crippen molar-refractivity contribution in [1.29, 1.82) is 0 Å². The van der Waals surface area contributed by atoms with Crippen LogP contribution in [0.4, 0.5) is 0 Å². The minimum absolute atomic E-state index is 0.590. The van der Waals surface area contributed by atoms with Crippen molar-refractivity contribution in [2.45, 2.75) is 19.1 Å². The number of carbonyl (C=O) groups is 1. The maximum atomic E-state index is 10.4. The highest BCUT2D eigenvalue weighted by molar-refractivity contribution is 7.10. The number of hydrogen-bond acceptors (Lipinski definition) is 4. The van der Waals surface area contributed by atoms with Gasteiger partial charge in [-0.25, -0.2) is 0 Å². The molecule has 0 radical (unpaired) electrons. The molecule has 0 aliphatic heterocycles. The summed E-state index contributed by atoms with van der Waals surface area (Å²) in [7, 11) is 0. The number of carboxylic acids is 1. The van der Waals surface area contributed by atoms with E-state index < -0.39 is 18.1 Å². The first kappa shape index (κ1) is 10.2. The van der Waals surface area contributed by atoms with Crippen LogP contribution >= 0.6 is 11.3 Å². The van der Waals surface area contributed by atoms with Gasteiger partial charge in [0.15, 0.2) is 0 Å². The highest BCUT2D eigenvalue weighted by Crippen LogP contribution is 2.23. The van der Waals surface area contributed by atoms with Gasteiger partial charge in [0, 0.05) is 4.88 Å². The molecule has 4 nitrogen and oxygen atoms in total. The Hall–Kier alpha value is -0.910. The predicted molar refractivity (Wildman–Crippen MR) is 49.6 cm³/mol. The van der Waals surface area contributed by atoms with Gasteiger partial charge in [-0.2, -0.15) is 0 Å². The summed E-state index contributed by atoms with van der Waals surface area (Å²) in [6.07, 6.45) is -1.11. The number of aryl methyl sites for hydroxylation is 1. The Morgan fingerprint density at radius 2 is 2.31 bits per heavy atom. The van der Waals surface area contributed by atoms with E-state index >= 15 is 0 Å². The van der Waals surface area contributed by atoms with E-state index in [-0.39, 0.29) is 0 Å². The van der Waals surface area contributed by atoms with E-state index in [4.69, 9.17) is 10.8 Å². The fraction of sp³-hybridized carbons (Fsp3) is 0.375. The normalized spacial score (nSPS) is 15.3. The zero-order valence-electron chi connectivity index (χ0n) is 7.10.